The molecule has 0 aliphatic heterocycles. The Kier molecular flexibility index (Phi) is 6.08. The van der Waals surface area contributed by atoms with Gasteiger partial charge in [-0.3, -0.25) is 0 Å². The Morgan fingerprint density at radius 3 is 2.67 bits per heavy atom. The maximum absolute atomic E-state index is 13.6. The molecular formula is C16H22F2NO2. The molecule has 1 aliphatic carbocycles. The van der Waals surface area contributed by atoms with Crippen molar-refractivity contribution in [2.45, 2.75) is 31.8 Å². The first-order chi connectivity index (χ1) is 10.1. The number of aliphatic hydroxyl groups excluding tert-OH is 1. The summed E-state index contributed by atoms with van der Waals surface area (Å²) in [7, 11) is 0. The van der Waals surface area contributed by atoms with Crippen molar-refractivity contribution in [1.82, 2.24) is 4.90 Å². The van der Waals surface area contributed by atoms with Gasteiger partial charge in [-0.05, 0) is 31.2 Å². The number of halogens is 2. The minimum Gasteiger partial charge on any atom is -0.395 e. The third-order valence-electron chi connectivity index (χ3n) is 4.19. The van der Waals surface area contributed by atoms with Crippen LogP contribution in [-0.2, 0) is 5.11 Å². The van der Waals surface area contributed by atoms with Gasteiger partial charge in [0.1, 0.15) is 6.10 Å². The molecule has 1 atom stereocenters. The summed E-state index contributed by atoms with van der Waals surface area (Å²) in [4.78, 5) is 2.05. The molecule has 0 aromatic heterocycles. The van der Waals surface area contributed by atoms with E-state index in [2.05, 4.69) is 0 Å². The highest BCUT2D eigenvalue weighted by molar-refractivity contribution is 5.21. The highest BCUT2D eigenvalue weighted by Crippen LogP contribution is 2.28. The number of aliphatic hydroxyl groups is 1. The van der Waals surface area contributed by atoms with Crippen LogP contribution >= 0.6 is 0 Å². The van der Waals surface area contributed by atoms with Crippen LogP contribution in [0, 0.1) is 17.6 Å². The largest absolute Gasteiger partial charge is 0.395 e. The Hall–Kier alpha value is -1.04. The first-order valence-electron chi connectivity index (χ1n) is 7.54. The van der Waals surface area contributed by atoms with E-state index in [9.17, 15) is 13.9 Å². The van der Waals surface area contributed by atoms with Crippen molar-refractivity contribution in [2.75, 3.05) is 26.2 Å². The van der Waals surface area contributed by atoms with Crippen molar-refractivity contribution in [1.29, 1.82) is 0 Å². The van der Waals surface area contributed by atoms with Gasteiger partial charge < -0.3 is 10.0 Å². The zero-order valence-electron chi connectivity index (χ0n) is 12.1. The molecule has 1 aromatic carbocycles. The second kappa shape index (κ2) is 7.82. The third-order valence-corrected chi connectivity index (χ3v) is 4.19. The fraction of sp³-hybridized carbons (Fsp3) is 0.625. The summed E-state index contributed by atoms with van der Waals surface area (Å²) in [5.74, 6) is -1.37. The number of hydrogen-bond acceptors (Lipinski definition) is 2. The van der Waals surface area contributed by atoms with Gasteiger partial charge in [0.2, 0.25) is 0 Å². The fourth-order valence-electron chi connectivity index (χ4n) is 2.70. The van der Waals surface area contributed by atoms with Gasteiger partial charge in [0, 0.05) is 25.2 Å². The van der Waals surface area contributed by atoms with Crippen LogP contribution in [0.3, 0.4) is 0 Å². The number of hydrogen-bond donors (Lipinski definition) is 1. The maximum atomic E-state index is 13.6. The predicted molar refractivity (Wildman–Crippen MR) is 75.3 cm³/mol. The lowest BCUT2D eigenvalue weighted by Crippen LogP contribution is -2.35. The normalized spacial score (nSPS) is 17.0. The average molecular weight is 298 g/mol. The zero-order valence-corrected chi connectivity index (χ0v) is 12.1. The summed E-state index contributed by atoms with van der Waals surface area (Å²) in [6, 6.07) is 3.72. The average Bonchev–Trinajstić information content (AvgIpc) is 2.42. The molecule has 5 heteroatoms. The second-order valence-corrected chi connectivity index (χ2v) is 5.74. The van der Waals surface area contributed by atoms with Crippen molar-refractivity contribution < 1.29 is 19.0 Å². The summed E-state index contributed by atoms with van der Waals surface area (Å²) in [6.45, 7) is 1.94. The molecule has 1 unspecified atom stereocenters. The predicted octanol–water partition coefficient (Wildman–Crippen LogP) is 2.92. The lowest BCUT2D eigenvalue weighted by Gasteiger charge is -2.32. The Balaban J connectivity index is 1.88. The van der Waals surface area contributed by atoms with Gasteiger partial charge in [-0.15, -0.1) is 0 Å². The number of rotatable bonds is 8. The fourth-order valence-corrected chi connectivity index (χ4v) is 2.70. The molecule has 117 valence electrons. The van der Waals surface area contributed by atoms with Crippen molar-refractivity contribution in [3.63, 3.8) is 0 Å². The molecule has 1 N–H and O–H groups in total. The van der Waals surface area contributed by atoms with E-state index >= 15 is 0 Å². The molecular weight excluding hydrogens is 276 g/mol. The molecule has 2 rings (SSSR count). The Labute approximate surface area is 124 Å². The lowest BCUT2D eigenvalue weighted by atomic mass is 9.85. The van der Waals surface area contributed by atoms with Crippen LogP contribution in [0.15, 0.2) is 18.2 Å². The van der Waals surface area contributed by atoms with Crippen LogP contribution in [-0.4, -0.2) is 36.2 Å². The quantitative estimate of drug-likeness (QED) is 0.802. The molecule has 0 saturated heterocycles. The summed E-state index contributed by atoms with van der Waals surface area (Å²) >= 11 is 0. The van der Waals surface area contributed by atoms with Gasteiger partial charge in [-0.2, -0.15) is 0 Å². The van der Waals surface area contributed by atoms with E-state index in [1.807, 2.05) is 4.90 Å². The lowest BCUT2D eigenvalue weighted by molar-refractivity contribution is 0.0573. The van der Waals surface area contributed by atoms with E-state index in [0.29, 0.717) is 19.0 Å². The molecule has 0 bridgehead atoms. The monoisotopic (exact) mass is 298 g/mol. The van der Waals surface area contributed by atoms with Crippen molar-refractivity contribution in [3.05, 3.63) is 35.4 Å². The minimum absolute atomic E-state index is 0.0462. The van der Waals surface area contributed by atoms with Gasteiger partial charge in [0.15, 0.2) is 11.6 Å². The minimum atomic E-state index is -1.27. The van der Waals surface area contributed by atoms with Crippen molar-refractivity contribution in [2.24, 2.45) is 5.92 Å². The smallest absolute Gasteiger partial charge is 0.164 e. The summed E-state index contributed by atoms with van der Waals surface area (Å²) in [6.07, 6.45) is 2.58. The summed E-state index contributed by atoms with van der Waals surface area (Å²) in [5.41, 5.74) is -0.109. The first-order valence-corrected chi connectivity index (χ1v) is 7.54. The van der Waals surface area contributed by atoms with E-state index in [-0.39, 0.29) is 18.6 Å². The van der Waals surface area contributed by atoms with Gasteiger partial charge >= 0.3 is 0 Å². The van der Waals surface area contributed by atoms with Crippen LogP contribution < -0.4 is 0 Å². The van der Waals surface area contributed by atoms with Gasteiger partial charge in [-0.25, -0.2) is 13.9 Å². The zero-order chi connectivity index (χ0) is 15.2. The molecule has 1 saturated carbocycles. The molecule has 1 fully saturated rings. The van der Waals surface area contributed by atoms with Crippen LogP contribution in [0.4, 0.5) is 8.78 Å². The molecule has 21 heavy (non-hydrogen) atoms. The van der Waals surface area contributed by atoms with Crippen molar-refractivity contribution >= 4 is 0 Å². The molecule has 0 spiro atoms. The number of benzene rings is 1. The van der Waals surface area contributed by atoms with Crippen LogP contribution in [0.1, 0.15) is 37.4 Å². The van der Waals surface area contributed by atoms with Gasteiger partial charge in [-0.1, -0.05) is 18.6 Å². The highest BCUT2D eigenvalue weighted by Gasteiger charge is 2.22. The second-order valence-electron chi connectivity index (χ2n) is 5.74. The molecule has 1 aliphatic rings. The van der Waals surface area contributed by atoms with Gasteiger partial charge in [0.25, 0.3) is 0 Å². The molecule has 3 nitrogen and oxygen atoms in total. The van der Waals surface area contributed by atoms with Crippen LogP contribution in [0.2, 0.25) is 0 Å². The standard InChI is InChI=1S/C16H22F2NO2/c17-14-6-2-5-13(16(14)18)15(21)7-8-19(9-10-20)11-12-3-1-4-12/h2,5-6,12,15,20H,1,3-4,7-11H2. The molecule has 0 amide bonds. The van der Waals surface area contributed by atoms with Crippen molar-refractivity contribution in [3.8, 4) is 0 Å². The Bertz CT molecular complexity index is 452. The van der Waals surface area contributed by atoms with Crippen LogP contribution in [0.5, 0.6) is 0 Å². The topological polar surface area (TPSA) is 43.4 Å². The van der Waals surface area contributed by atoms with E-state index in [0.717, 1.165) is 12.6 Å². The molecule has 0 heterocycles. The number of nitrogens with zero attached hydrogens (tertiary/aromatic N) is 1. The van der Waals surface area contributed by atoms with E-state index in [1.165, 1.54) is 31.4 Å². The summed E-state index contributed by atoms with van der Waals surface area (Å²) < 4.78 is 26.7. The Morgan fingerprint density at radius 2 is 2.05 bits per heavy atom. The SMILES string of the molecule is [O]C(CCN(CCO)CC1CCC1)c1cccc(F)c1F. The third kappa shape index (κ3) is 4.46. The maximum Gasteiger partial charge on any atom is 0.164 e. The Morgan fingerprint density at radius 1 is 1.29 bits per heavy atom. The first kappa shape index (κ1) is 16.3. The van der Waals surface area contributed by atoms with E-state index in [1.54, 1.807) is 0 Å². The molecule has 1 aromatic rings. The highest BCUT2D eigenvalue weighted by atomic mass is 19.2. The molecule has 1 radical (unpaired) electrons. The van der Waals surface area contributed by atoms with E-state index in [4.69, 9.17) is 5.11 Å². The van der Waals surface area contributed by atoms with Crippen LogP contribution in [0.25, 0.3) is 0 Å². The summed E-state index contributed by atoms with van der Waals surface area (Å²) in [5, 5.41) is 21.2. The van der Waals surface area contributed by atoms with E-state index < -0.39 is 17.7 Å². The van der Waals surface area contributed by atoms with Gasteiger partial charge in [0.05, 0.1) is 6.61 Å².